The van der Waals surface area contributed by atoms with E-state index in [0.717, 1.165) is 28.6 Å². The Morgan fingerprint density at radius 3 is 1.52 bits per heavy atom. The average molecular weight is 433 g/mol. The van der Waals surface area contributed by atoms with E-state index in [4.69, 9.17) is 9.47 Å². The maximum Gasteiger partial charge on any atom is 0.156 e. The van der Waals surface area contributed by atoms with E-state index in [-0.39, 0.29) is 0 Å². The number of quaternary nitrogens is 1. The van der Waals surface area contributed by atoms with Gasteiger partial charge >= 0.3 is 0 Å². The number of rotatable bonds is 6. The minimum atomic E-state index is 0.427. The highest BCUT2D eigenvalue weighted by molar-refractivity contribution is 5.99. The van der Waals surface area contributed by atoms with Crippen molar-refractivity contribution in [3.63, 3.8) is 0 Å². The summed E-state index contributed by atoms with van der Waals surface area (Å²) in [4.78, 5) is 0. The Morgan fingerprint density at radius 2 is 0.939 bits per heavy atom. The van der Waals surface area contributed by atoms with E-state index in [2.05, 4.69) is 97.1 Å². The van der Waals surface area contributed by atoms with Crippen LogP contribution in [0.1, 0.15) is 0 Å². The van der Waals surface area contributed by atoms with Gasteiger partial charge in [0.2, 0.25) is 0 Å². The van der Waals surface area contributed by atoms with Crippen molar-refractivity contribution in [3.05, 3.63) is 121 Å². The number of fused-ring (bicyclic) bond motifs is 1. The van der Waals surface area contributed by atoms with E-state index in [0.29, 0.717) is 4.48 Å². The van der Waals surface area contributed by atoms with Gasteiger partial charge in [0.05, 0.1) is 14.2 Å². The third-order valence-corrected chi connectivity index (χ3v) is 6.19. The number of benzene rings is 5. The fourth-order valence-electron chi connectivity index (χ4n) is 4.63. The van der Waals surface area contributed by atoms with E-state index in [1.165, 1.54) is 16.5 Å². The highest BCUT2D eigenvalue weighted by Gasteiger charge is 2.40. The zero-order valence-corrected chi connectivity index (χ0v) is 18.8. The fraction of sp³-hybridized carbons (Fsp3) is 0.0667. The molecule has 0 radical (unpaired) electrons. The van der Waals surface area contributed by atoms with Gasteiger partial charge in [0.25, 0.3) is 0 Å². The molecule has 5 aromatic rings. The molecule has 0 amide bonds. The third kappa shape index (κ3) is 3.53. The van der Waals surface area contributed by atoms with E-state index in [9.17, 15) is 0 Å². The Morgan fingerprint density at radius 1 is 0.455 bits per heavy atom. The molecule has 162 valence electrons. The number of hydrogen-bond donors (Lipinski definition) is 0. The smallest absolute Gasteiger partial charge is 0.156 e. The Labute approximate surface area is 194 Å². The van der Waals surface area contributed by atoms with Crippen LogP contribution in [0, 0.1) is 0 Å². The number of nitrogens with zero attached hydrogens (tertiary/aromatic N) is 1. The minimum Gasteiger partial charge on any atom is -0.497 e. The van der Waals surface area contributed by atoms with Crippen LogP contribution in [0.2, 0.25) is 0 Å². The van der Waals surface area contributed by atoms with Crippen LogP contribution in [0.3, 0.4) is 0 Å². The standard InChI is InChI=1S/C30H26NO2/c1-32-27-19-15-25(16-20-27)31(24-11-4-3-5-12-24,26-17-21-28(33-2)22-18-26)30-14-8-10-23-9-6-7-13-29(23)30/h3-22H,1-2H3/q+1. The molecule has 0 heterocycles. The molecule has 0 fully saturated rings. The molecule has 0 aliphatic rings. The van der Waals surface area contributed by atoms with Crippen molar-refractivity contribution in [3.8, 4) is 11.5 Å². The summed E-state index contributed by atoms with van der Waals surface area (Å²) in [5.41, 5.74) is 4.55. The molecule has 3 nitrogen and oxygen atoms in total. The molecule has 0 unspecified atom stereocenters. The van der Waals surface area contributed by atoms with Crippen LogP contribution in [-0.4, -0.2) is 14.2 Å². The number of ether oxygens (including phenoxy) is 2. The summed E-state index contributed by atoms with van der Waals surface area (Å²) < 4.78 is 11.4. The predicted molar refractivity (Wildman–Crippen MR) is 137 cm³/mol. The van der Waals surface area contributed by atoms with Gasteiger partial charge in [-0.1, -0.05) is 48.5 Å². The van der Waals surface area contributed by atoms with Crippen molar-refractivity contribution in [1.82, 2.24) is 4.48 Å². The lowest BCUT2D eigenvalue weighted by molar-refractivity contribution is 0.414. The van der Waals surface area contributed by atoms with Crippen molar-refractivity contribution < 1.29 is 9.47 Å². The van der Waals surface area contributed by atoms with Crippen LogP contribution in [0.5, 0.6) is 11.5 Å². The zero-order chi connectivity index (χ0) is 22.7. The summed E-state index contributed by atoms with van der Waals surface area (Å²) in [6.07, 6.45) is 0. The summed E-state index contributed by atoms with van der Waals surface area (Å²) in [6, 6.07) is 42.4. The molecule has 33 heavy (non-hydrogen) atoms. The van der Waals surface area contributed by atoms with E-state index in [1.807, 2.05) is 24.3 Å². The molecular formula is C30H26NO2+. The average Bonchev–Trinajstić information content (AvgIpc) is 2.90. The van der Waals surface area contributed by atoms with Gasteiger partial charge < -0.3 is 9.47 Å². The first-order chi connectivity index (χ1) is 16.3. The van der Waals surface area contributed by atoms with Crippen LogP contribution in [0.4, 0.5) is 22.7 Å². The summed E-state index contributed by atoms with van der Waals surface area (Å²) >= 11 is 0. The van der Waals surface area contributed by atoms with Gasteiger partial charge in [-0.2, -0.15) is 4.48 Å². The van der Waals surface area contributed by atoms with Gasteiger partial charge in [0.15, 0.2) is 5.69 Å². The van der Waals surface area contributed by atoms with Crippen LogP contribution < -0.4 is 14.0 Å². The molecule has 0 N–H and O–H groups in total. The third-order valence-electron chi connectivity index (χ3n) is 6.19. The van der Waals surface area contributed by atoms with Crippen LogP contribution in [0.25, 0.3) is 10.8 Å². The van der Waals surface area contributed by atoms with Crippen LogP contribution in [0.15, 0.2) is 121 Å². The molecule has 5 rings (SSSR count). The molecule has 3 heteroatoms. The van der Waals surface area contributed by atoms with Gasteiger partial charge in [-0.15, -0.1) is 0 Å². The van der Waals surface area contributed by atoms with Gasteiger partial charge in [0, 0.05) is 47.9 Å². The molecule has 0 saturated carbocycles. The molecule has 0 saturated heterocycles. The summed E-state index contributed by atoms with van der Waals surface area (Å²) in [5, 5.41) is 2.41. The maximum absolute atomic E-state index is 5.48. The highest BCUT2D eigenvalue weighted by atomic mass is 16.5. The SMILES string of the molecule is COc1ccc([N+](c2ccccc2)(c2ccc(OC)cc2)c2cccc3ccccc23)cc1. The number of methoxy groups -OCH3 is 2. The molecule has 0 aromatic heterocycles. The summed E-state index contributed by atoms with van der Waals surface area (Å²) in [7, 11) is 3.39. The van der Waals surface area contributed by atoms with Crippen LogP contribution in [-0.2, 0) is 0 Å². The Hall–Kier alpha value is -4.08. The zero-order valence-electron chi connectivity index (χ0n) is 18.8. The molecule has 0 atom stereocenters. The lowest BCUT2D eigenvalue weighted by atomic mass is 10.0. The first-order valence-electron chi connectivity index (χ1n) is 11.0. The largest absolute Gasteiger partial charge is 0.497 e. The molecular weight excluding hydrogens is 406 g/mol. The van der Waals surface area contributed by atoms with Gasteiger partial charge in [-0.05, 0) is 35.7 Å². The first kappa shape index (κ1) is 20.8. The summed E-state index contributed by atoms with van der Waals surface area (Å²) in [5.74, 6) is 1.66. The van der Waals surface area contributed by atoms with Crippen molar-refractivity contribution in [1.29, 1.82) is 0 Å². The van der Waals surface area contributed by atoms with Gasteiger partial charge in [-0.3, -0.25) is 0 Å². The van der Waals surface area contributed by atoms with Crippen molar-refractivity contribution in [2.45, 2.75) is 0 Å². The molecule has 5 aromatic carbocycles. The predicted octanol–water partition coefficient (Wildman–Crippen LogP) is 8.16. The Balaban J connectivity index is 1.93. The molecule has 0 aliphatic heterocycles. The van der Waals surface area contributed by atoms with Gasteiger partial charge in [-0.25, -0.2) is 0 Å². The fourth-order valence-corrected chi connectivity index (χ4v) is 4.63. The normalized spacial score (nSPS) is 11.3. The minimum absolute atomic E-state index is 0.427. The first-order valence-corrected chi connectivity index (χ1v) is 11.0. The lowest BCUT2D eigenvalue weighted by Crippen LogP contribution is -2.33. The maximum atomic E-state index is 5.48. The second-order valence-electron chi connectivity index (χ2n) is 7.90. The Kier molecular flexibility index (Phi) is 5.55. The quantitative estimate of drug-likeness (QED) is 0.252. The second-order valence-corrected chi connectivity index (χ2v) is 7.90. The second kappa shape index (κ2) is 8.81. The highest BCUT2D eigenvalue weighted by Crippen LogP contribution is 2.53. The van der Waals surface area contributed by atoms with E-state index >= 15 is 0 Å². The number of hydrogen-bond acceptors (Lipinski definition) is 2. The molecule has 0 spiro atoms. The van der Waals surface area contributed by atoms with Gasteiger partial charge in [0.1, 0.15) is 28.6 Å². The van der Waals surface area contributed by atoms with Crippen LogP contribution >= 0.6 is 0 Å². The Bertz CT molecular complexity index is 1310. The van der Waals surface area contributed by atoms with Crippen molar-refractivity contribution >= 4 is 33.5 Å². The number of para-hydroxylation sites is 1. The van der Waals surface area contributed by atoms with E-state index < -0.39 is 0 Å². The summed E-state index contributed by atoms with van der Waals surface area (Å²) in [6.45, 7) is 0. The molecule has 0 bridgehead atoms. The van der Waals surface area contributed by atoms with Crippen molar-refractivity contribution in [2.75, 3.05) is 14.2 Å². The topological polar surface area (TPSA) is 18.5 Å². The molecule has 0 aliphatic carbocycles. The monoisotopic (exact) mass is 432 g/mol. The lowest BCUT2D eigenvalue weighted by Gasteiger charge is -2.37. The van der Waals surface area contributed by atoms with E-state index in [1.54, 1.807) is 14.2 Å². The van der Waals surface area contributed by atoms with Crippen molar-refractivity contribution in [2.24, 2.45) is 0 Å².